The largest absolute Gasteiger partial charge is 0.338 e. The number of thiophene rings is 1. The van der Waals surface area contributed by atoms with Gasteiger partial charge in [-0.3, -0.25) is 4.79 Å². The highest BCUT2D eigenvalue weighted by Gasteiger charge is 2.31. The van der Waals surface area contributed by atoms with Crippen molar-refractivity contribution in [3.8, 4) is 0 Å². The maximum absolute atomic E-state index is 12.4. The molecule has 2 aliphatic rings. The lowest BCUT2D eigenvalue weighted by Gasteiger charge is -2.20. The molecular weight excluding hydrogens is 312 g/mol. The number of rotatable bonds is 1. The van der Waals surface area contributed by atoms with Gasteiger partial charge in [-0.05, 0) is 59.8 Å². The van der Waals surface area contributed by atoms with Crippen LogP contribution < -0.4 is 5.32 Å². The van der Waals surface area contributed by atoms with E-state index in [1.54, 1.807) is 0 Å². The zero-order valence-electron chi connectivity index (χ0n) is 10.2. The molecule has 0 saturated carbocycles. The molecule has 0 unspecified atom stereocenters. The van der Waals surface area contributed by atoms with Gasteiger partial charge in [0.15, 0.2) is 0 Å². The van der Waals surface area contributed by atoms with Gasteiger partial charge in [0, 0.05) is 22.9 Å². The maximum Gasteiger partial charge on any atom is 0.263 e. The smallest absolute Gasteiger partial charge is 0.263 e. The van der Waals surface area contributed by atoms with Gasteiger partial charge in [-0.2, -0.15) is 0 Å². The van der Waals surface area contributed by atoms with E-state index in [9.17, 15) is 4.79 Å². The summed E-state index contributed by atoms with van der Waals surface area (Å²) in [5.74, 6) is 1.76. The lowest BCUT2D eigenvalue weighted by Crippen LogP contribution is -2.32. The second-order valence-corrected chi connectivity index (χ2v) is 7.00. The number of hydrogen-bond acceptors (Lipinski definition) is 3. The summed E-state index contributed by atoms with van der Waals surface area (Å²) in [6, 6.07) is 1.93. The Morgan fingerprint density at radius 3 is 2.56 bits per heavy atom. The van der Waals surface area contributed by atoms with Crippen LogP contribution in [0.5, 0.6) is 0 Å². The number of nitrogens with zero attached hydrogens (tertiary/aromatic N) is 1. The first-order valence-corrected chi connectivity index (χ1v) is 8.15. The van der Waals surface area contributed by atoms with Crippen molar-refractivity contribution in [2.75, 3.05) is 26.2 Å². The van der Waals surface area contributed by atoms with Crippen LogP contribution in [0.4, 0.5) is 0 Å². The predicted molar refractivity (Wildman–Crippen MR) is 77.0 cm³/mol. The SMILES string of the molecule is O=C(c1cc(Br)cs1)N1CC[C@@H]2CNC[C@@H]2CC1. The van der Waals surface area contributed by atoms with E-state index in [2.05, 4.69) is 21.2 Å². The molecule has 0 spiro atoms. The molecular formula is C13H17BrN2OS. The van der Waals surface area contributed by atoms with Crippen molar-refractivity contribution >= 4 is 33.2 Å². The van der Waals surface area contributed by atoms with Crippen LogP contribution in [0, 0.1) is 11.8 Å². The fourth-order valence-corrected chi connectivity index (χ4v) is 4.40. The lowest BCUT2D eigenvalue weighted by molar-refractivity contribution is 0.0763. The van der Waals surface area contributed by atoms with Gasteiger partial charge in [0.2, 0.25) is 0 Å². The molecule has 5 heteroatoms. The first-order valence-electron chi connectivity index (χ1n) is 6.48. The first kappa shape index (κ1) is 12.6. The highest BCUT2D eigenvalue weighted by molar-refractivity contribution is 9.10. The third kappa shape index (κ3) is 2.49. The van der Waals surface area contributed by atoms with Crippen molar-refractivity contribution in [2.45, 2.75) is 12.8 Å². The van der Waals surface area contributed by atoms with E-state index in [4.69, 9.17) is 0 Å². The van der Waals surface area contributed by atoms with Gasteiger partial charge in [0.1, 0.15) is 0 Å². The zero-order valence-corrected chi connectivity index (χ0v) is 12.6. The molecule has 3 rings (SSSR count). The number of carbonyl (C=O) groups is 1. The van der Waals surface area contributed by atoms with E-state index in [1.165, 1.54) is 11.3 Å². The molecule has 98 valence electrons. The number of halogens is 1. The van der Waals surface area contributed by atoms with Crippen LogP contribution in [-0.2, 0) is 0 Å². The molecule has 3 nitrogen and oxygen atoms in total. The molecule has 1 N–H and O–H groups in total. The van der Waals surface area contributed by atoms with Crippen LogP contribution in [0.15, 0.2) is 15.9 Å². The summed E-state index contributed by atoms with van der Waals surface area (Å²) in [5.41, 5.74) is 0. The molecule has 2 aliphatic heterocycles. The summed E-state index contributed by atoms with van der Waals surface area (Å²) in [6.07, 6.45) is 2.30. The van der Waals surface area contributed by atoms with Gasteiger partial charge in [-0.25, -0.2) is 0 Å². The van der Waals surface area contributed by atoms with Gasteiger partial charge in [0.25, 0.3) is 5.91 Å². The molecule has 1 aromatic heterocycles. The fourth-order valence-electron chi connectivity index (χ4n) is 3.00. The normalized spacial score (nSPS) is 27.9. The Morgan fingerprint density at radius 2 is 2.00 bits per heavy atom. The standard InChI is InChI=1S/C13H17BrN2OS/c14-11-5-12(18-8-11)13(17)16-3-1-9-6-15-7-10(9)2-4-16/h5,8-10,15H,1-4,6-7H2/t9-,10+. The Balaban J connectivity index is 1.68. The lowest BCUT2D eigenvalue weighted by atomic mass is 9.92. The summed E-state index contributed by atoms with van der Waals surface area (Å²) in [4.78, 5) is 15.3. The zero-order chi connectivity index (χ0) is 12.5. The van der Waals surface area contributed by atoms with E-state index in [-0.39, 0.29) is 5.91 Å². The molecule has 1 aromatic rings. The van der Waals surface area contributed by atoms with Crippen LogP contribution in [-0.4, -0.2) is 37.0 Å². The van der Waals surface area contributed by atoms with Crippen LogP contribution >= 0.6 is 27.3 Å². The molecule has 2 atom stereocenters. The minimum atomic E-state index is 0.207. The summed E-state index contributed by atoms with van der Waals surface area (Å²) < 4.78 is 1.01. The third-order valence-corrected chi connectivity index (χ3v) is 5.76. The minimum Gasteiger partial charge on any atom is -0.338 e. The van der Waals surface area contributed by atoms with E-state index in [0.717, 1.165) is 60.2 Å². The molecule has 3 heterocycles. The van der Waals surface area contributed by atoms with Crippen molar-refractivity contribution in [3.05, 3.63) is 20.8 Å². The fraction of sp³-hybridized carbons (Fsp3) is 0.615. The predicted octanol–water partition coefficient (Wildman–Crippen LogP) is 2.58. The van der Waals surface area contributed by atoms with Gasteiger partial charge in [-0.1, -0.05) is 0 Å². The Kier molecular flexibility index (Phi) is 3.73. The second-order valence-electron chi connectivity index (χ2n) is 5.18. The monoisotopic (exact) mass is 328 g/mol. The van der Waals surface area contributed by atoms with Crippen molar-refractivity contribution in [2.24, 2.45) is 11.8 Å². The van der Waals surface area contributed by atoms with Crippen molar-refractivity contribution < 1.29 is 4.79 Å². The van der Waals surface area contributed by atoms with E-state index in [0.29, 0.717) is 0 Å². The molecule has 0 bridgehead atoms. The molecule has 1 amide bonds. The highest BCUT2D eigenvalue weighted by Crippen LogP contribution is 2.28. The Labute approximate surface area is 120 Å². The number of hydrogen-bond donors (Lipinski definition) is 1. The maximum atomic E-state index is 12.4. The Morgan fingerprint density at radius 1 is 1.33 bits per heavy atom. The molecule has 2 saturated heterocycles. The summed E-state index contributed by atoms with van der Waals surface area (Å²) in [6.45, 7) is 4.10. The van der Waals surface area contributed by atoms with Crippen molar-refractivity contribution in [3.63, 3.8) is 0 Å². The number of likely N-dealkylation sites (tertiary alicyclic amines) is 1. The second kappa shape index (κ2) is 5.31. The molecule has 0 aliphatic carbocycles. The van der Waals surface area contributed by atoms with Gasteiger partial charge >= 0.3 is 0 Å². The van der Waals surface area contributed by atoms with E-state index in [1.807, 2.05) is 16.3 Å². The molecule has 2 fully saturated rings. The van der Waals surface area contributed by atoms with E-state index < -0.39 is 0 Å². The number of amides is 1. The summed E-state index contributed by atoms with van der Waals surface area (Å²) in [7, 11) is 0. The molecule has 18 heavy (non-hydrogen) atoms. The molecule has 0 radical (unpaired) electrons. The quantitative estimate of drug-likeness (QED) is 0.859. The number of nitrogens with one attached hydrogen (secondary N) is 1. The average molecular weight is 329 g/mol. The van der Waals surface area contributed by atoms with Crippen LogP contribution in [0.3, 0.4) is 0 Å². The van der Waals surface area contributed by atoms with Crippen LogP contribution in [0.2, 0.25) is 0 Å². The number of carbonyl (C=O) groups excluding carboxylic acids is 1. The van der Waals surface area contributed by atoms with Crippen molar-refractivity contribution in [1.29, 1.82) is 0 Å². The first-order chi connectivity index (χ1) is 8.74. The third-order valence-electron chi connectivity index (χ3n) is 4.08. The Bertz CT molecular complexity index is 434. The van der Waals surface area contributed by atoms with Gasteiger partial charge in [0.05, 0.1) is 4.88 Å². The van der Waals surface area contributed by atoms with Crippen LogP contribution in [0.25, 0.3) is 0 Å². The Hall–Kier alpha value is -0.390. The number of fused-ring (bicyclic) bond motifs is 1. The van der Waals surface area contributed by atoms with Crippen LogP contribution in [0.1, 0.15) is 22.5 Å². The summed E-state index contributed by atoms with van der Waals surface area (Å²) in [5, 5.41) is 5.44. The minimum absolute atomic E-state index is 0.207. The van der Waals surface area contributed by atoms with E-state index >= 15 is 0 Å². The molecule has 0 aromatic carbocycles. The highest BCUT2D eigenvalue weighted by atomic mass is 79.9. The average Bonchev–Trinajstić information content (AvgIpc) is 2.94. The van der Waals surface area contributed by atoms with Crippen molar-refractivity contribution in [1.82, 2.24) is 10.2 Å². The van der Waals surface area contributed by atoms with Gasteiger partial charge < -0.3 is 10.2 Å². The topological polar surface area (TPSA) is 32.3 Å². The van der Waals surface area contributed by atoms with Gasteiger partial charge in [-0.15, -0.1) is 11.3 Å². The summed E-state index contributed by atoms with van der Waals surface area (Å²) >= 11 is 4.94.